The molecule has 1 saturated heterocycles. The van der Waals surface area contributed by atoms with Gasteiger partial charge in [-0.3, -0.25) is 0 Å². The number of fused-ring (bicyclic) bond motifs is 1. The molecule has 2 N–H and O–H groups in total. The Balaban J connectivity index is 1.29. The number of pyridine rings is 1. The summed E-state index contributed by atoms with van der Waals surface area (Å²) in [6.45, 7) is 1.65. The molecule has 0 bridgehead atoms. The fourth-order valence-corrected chi connectivity index (χ4v) is 4.85. The van der Waals surface area contributed by atoms with Gasteiger partial charge in [0.15, 0.2) is 23.1 Å². The lowest BCUT2D eigenvalue weighted by Gasteiger charge is -2.33. The molecule has 9 nitrogen and oxygen atoms in total. The maximum Gasteiger partial charge on any atom is 0.317 e. The summed E-state index contributed by atoms with van der Waals surface area (Å²) in [5, 5.41) is 11.7. The Kier molecular flexibility index (Phi) is 6.06. The fraction of sp³-hybridized carbons (Fsp3) is 0.522. The van der Waals surface area contributed by atoms with Crippen molar-refractivity contribution in [3.63, 3.8) is 0 Å². The average Bonchev–Trinajstić information content (AvgIpc) is 3.18. The molecule has 0 spiro atoms. The van der Waals surface area contributed by atoms with E-state index in [0.29, 0.717) is 11.5 Å². The number of likely N-dealkylation sites (tertiary alicyclic amines) is 1. The lowest BCUT2D eigenvalue weighted by atomic mass is 9.91. The molecule has 1 unspecified atom stereocenters. The normalized spacial score (nSPS) is 21.2. The van der Waals surface area contributed by atoms with Crippen molar-refractivity contribution in [3.05, 3.63) is 30.3 Å². The number of rotatable bonds is 4. The third-order valence-corrected chi connectivity index (χ3v) is 6.54. The molecule has 174 valence electrons. The van der Waals surface area contributed by atoms with E-state index in [1.165, 1.54) is 12.6 Å². The maximum absolute atomic E-state index is 14.6. The summed E-state index contributed by atoms with van der Waals surface area (Å²) in [6.07, 6.45) is 9.73. The highest BCUT2D eigenvalue weighted by molar-refractivity contribution is 5.89. The Hall–Kier alpha value is -3.30. The summed E-state index contributed by atoms with van der Waals surface area (Å²) in [7, 11) is 1.81. The molecule has 1 aliphatic carbocycles. The summed E-state index contributed by atoms with van der Waals surface area (Å²) in [5.74, 6) is 0.00977. The number of aryl methyl sites for hydroxylation is 1. The van der Waals surface area contributed by atoms with Crippen molar-refractivity contribution >= 4 is 22.9 Å². The van der Waals surface area contributed by atoms with E-state index >= 15 is 0 Å². The number of halogens is 1. The minimum Gasteiger partial charge on any atom is -0.365 e. The van der Waals surface area contributed by atoms with Crippen molar-refractivity contribution in [3.8, 4) is 11.5 Å². The zero-order chi connectivity index (χ0) is 22.8. The summed E-state index contributed by atoms with van der Waals surface area (Å²) < 4.78 is 16.3. The number of nitrogens with one attached hydrogen (secondary N) is 2. The van der Waals surface area contributed by atoms with Gasteiger partial charge in [-0.25, -0.2) is 28.8 Å². The van der Waals surface area contributed by atoms with E-state index in [4.69, 9.17) is 0 Å². The summed E-state index contributed by atoms with van der Waals surface area (Å²) in [6, 6.07) is 3.84. The molecule has 1 saturated carbocycles. The Bertz CT molecular complexity index is 1140. The number of anilines is 1. The van der Waals surface area contributed by atoms with E-state index in [9.17, 15) is 9.18 Å². The van der Waals surface area contributed by atoms with E-state index in [0.717, 1.165) is 62.6 Å². The molecule has 0 aromatic carbocycles. The number of piperidine rings is 1. The monoisotopic (exact) mass is 452 g/mol. The van der Waals surface area contributed by atoms with Crippen LogP contribution in [0.5, 0.6) is 0 Å². The first-order valence-corrected chi connectivity index (χ1v) is 11.7. The highest BCUT2D eigenvalue weighted by atomic mass is 19.1. The summed E-state index contributed by atoms with van der Waals surface area (Å²) >= 11 is 0. The van der Waals surface area contributed by atoms with Crippen molar-refractivity contribution in [2.24, 2.45) is 7.05 Å². The molecule has 2 atom stereocenters. The topological polar surface area (TPSA) is 101 Å². The van der Waals surface area contributed by atoms with Gasteiger partial charge in [0.1, 0.15) is 5.69 Å². The minimum absolute atomic E-state index is 0.0183. The van der Waals surface area contributed by atoms with Crippen LogP contribution in [-0.4, -0.2) is 60.8 Å². The van der Waals surface area contributed by atoms with Crippen molar-refractivity contribution in [1.29, 1.82) is 0 Å². The smallest absolute Gasteiger partial charge is 0.317 e. The van der Waals surface area contributed by atoms with Crippen LogP contribution in [0.2, 0.25) is 0 Å². The Morgan fingerprint density at radius 1 is 1.12 bits per heavy atom. The van der Waals surface area contributed by atoms with E-state index in [2.05, 4.69) is 30.7 Å². The van der Waals surface area contributed by atoms with Crippen molar-refractivity contribution < 1.29 is 9.18 Å². The highest BCUT2D eigenvalue weighted by Gasteiger charge is 2.27. The van der Waals surface area contributed by atoms with E-state index in [-0.39, 0.29) is 23.9 Å². The Morgan fingerprint density at radius 2 is 1.94 bits per heavy atom. The van der Waals surface area contributed by atoms with Gasteiger partial charge in [-0.05, 0) is 57.1 Å². The number of hydrogen-bond acceptors (Lipinski definition) is 6. The third kappa shape index (κ3) is 4.60. The number of nitrogens with zero attached hydrogens (tertiary/aromatic N) is 6. The molecule has 3 aromatic rings. The highest BCUT2D eigenvalue weighted by Crippen LogP contribution is 2.27. The number of urea groups is 1. The molecule has 33 heavy (non-hydrogen) atoms. The molecule has 1 aliphatic heterocycles. The zero-order valence-corrected chi connectivity index (χ0v) is 18.8. The lowest BCUT2D eigenvalue weighted by Crippen LogP contribution is -2.49. The van der Waals surface area contributed by atoms with Gasteiger partial charge in [0.05, 0.1) is 11.6 Å². The molecular formula is C23H29FN8O. The molecule has 0 radical (unpaired) electrons. The van der Waals surface area contributed by atoms with Crippen LogP contribution >= 0.6 is 0 Å². The zero-order valence-electron chi connectivity index (χ0n) is 18.8. The van der Waals surface area contributed by atoms with Crippen LogP contribution in [0, 0.1) is 5.82 Å². The molecule has 5 rings (SSSR count). The SMILES string of the molecule is Cn1nc(-c2ncc(F)c(NC3CCC[C@@H](NC(=O)N4CCCCC4)C3)n2)c2cccnc21. The van der Waals surface area contributed by atoms with Gasteiger partial charge in [-0.1, -0.05) is 0 Å². The second-order valence-electron chi connectivity index (χ2n) is 8.94. The van der Waals surface area contributed by atoms with Crippen LogP contribution in [0.1, 0.15) is 44.9 Å². The average molecular weight is 453 g/mol. The number of carbonyl (C=O) groups is 1. The Morgan fingerprint density at radius 3 is 2.79 bits per heavy atom. The van der Waals surface area contributed by atoms with Crippen LogP contribution in [0.4, 0.5) is 15.0 Å². The number of hydrogen-bond donors (Lipinski definition) is 2. The van der Waals surface area contributed by atoms with E-state index < -0.39 is 5.82 Å². The molecular weight excluding hydrogens is 423 g/mol. The third-order valence-electron chi connectivity index (χ3n) is 6.54. The fourth-order valence-electron chi connectivity index (χ4n) is 4.85. The van der Waals surface area contributed by atoms with Gasteiger partial charge in [0.25, 0.3) is 0 Å². The van der Waals surface area contributed by atoms with Crippen molar-refractivity contribution in [1.82, 2.24) is 34.9 Å². The van der Waals surface area contributed by atoms with Crippen molar-refractivity contribution in [2.75, 3.05) is 18.4 Å². The molecule has 2 aliphatic rings. The summed E-state index contributed by atoms with van der Waals surface area (Å²) in [4.78, 5) is 27.5. The van der Waals surface area contributed by atoms with Gasteiger partial charge in [0, 0.05) is 38.4 Å². The van der Waals surface area contributed by atoms with Crippen molar-refractivity contribution in [2.45, 2.75) is 57.0 Å². The van der Waals surface area contributed by atoms with Crippen LogP contribution < -0.4 is 10.6 Å². The van der Waals surface area contributed by atoms with Gasteiger partial charge in [-0.2, -0.15) is 5.10 Å². The summed E-state index contributed by atoms with van der Waals surface area (Å²) in [5.41, 5.74) is 1.29. The first kappa shape index (κ1) is 21.5. The van der Waals surface area contributed by atoms with Gasteiger partial charge in [-0.15, -0.1) is 0 Å². The second kappa shape index (κ2) is 9.29. The van der Waals surface area contributed by atoms with Gasteiger partial charge < -0.3 is 15.5 Å². The minimum atomic E-state index is -0.503. The number of aromatic nitrogens is 5. The van der Waals surface area contributed by atoms with E-state index in [1.54, 1.807) is 10.9 Å². The van der Waals surface area contributed by atoms with E-state index in [1.807, 2.05) is 24.1 Å². The predicted octanol–water partition coefficient (Wildman–Crippen LogP) is 3.48. The number of amides is 2. The first-order valence-electron chi connectivity index (χ1n) is 11.7. The van der Waals surface area contributed by atoms with Gasteiger partial charge in [0.2, 0.25) is 0 Å². The Labute approximate surface area is 191 Å². The lowest BCUT2D eigenvalue weighted by molar-refractivity contribution is 0.178. The molecule has 10 heteroatoms. The predicted molar refractivity (Wildman–Crippen MR) is 123 cm³/mol. The molecule has 4 heterocycles. The number of carbonyl (C=O) groups excluding carboxylic acids is 1. The quantitative estimate of drug-likeness (QED) is 0.629. The van der Waals surface area contributed by atoms with Crippen LogP contribution in [0.3, 0.4) is 0 Å². The molecule has 3 aromatic heterocycles. The largest absolute Gasteiger partial charge is 0.365 e. The molecule has 2 amide bonds. The van der Waals surface area contributed by atoms with Crippen LogP contribution in [0.25, 0.3) is 22.6 Å². The second-order valence-corrected chi connectivity index (χ2v) is 8.94. The van der Waals surface area contributed by atoms with Crippen LogP contribution in [0.15, 0.2) is 24.5 Å². The van der Waals surface area contributed by atoms with Gasteiger partial charge >= 0.3 is 6.03 Å². The first-order chi connectivity index (χ1) is 16.1. The van der Waals surface area contributed by atoms with Crippen LogP contribution in [-0.2, 0) is 7.05 Å². The standard InChI is InChI=1S/C23H29FN8O/c1-31-22-17(9-6-10-25-22)19(30-31)21-26-14-18(24)20(29-21)27-15-7-5-8-16(13-15)28-23(33)32-11-3-2-4-12-32/h6,9-10,14-16H,2-5,7-8,11-13H2,1H3,(H,28,33)(H,26,27,29)/t15?,16-/m1/s1. The molecule has 2 fully saturated rings. The maximum atomic E-state index is 14.6.